The molecule has 2 heterocycles. The average Bonchev–Trinajstić information content (AvgIpc) is 3.44. The maximum absolute atomic E-state index is 9.67. The topological polar surface area (TPSA) is 41.9 Å². The lowest BCUT2D eigenvalue weighted by atomic mass is 10.00. The monoisotopic (exact) mass is 512 g/mol. The van der Waals surface area contributed by atoms with E-state index in [4.69, 9.17) is 4.42 Å². The lowest BCUT2D eigenvalue weighted by Crippen LogP contribution is -1.95. The highest BCUT2D eigenvalue weighted by atomic mass is 79.9. The van der Waals surface area contributed by atoms with Crippen molar-refractivity contribution >= 4 is 59.7 Å². The Kier molecular flexibility index (Phi) is 4.36. The molecular formula is C31H17BrN2O. The van der Waals surface area contributed by atoms with Gasteiger partial charge in [0.05, 0.1) is 28.1 Å². The van der Waals surface area contributed by atoms with E-state index in [2.05, 4.69) is 87.2 Å². The van der Waals surface area contributed by atoms with Crippen LogP contribution in [0, 0.1) is 11.3 Å². The van der Waals surface area contributed by atoms with Gasteiger partial charge < -0.3 is 8.98 Å². The fourth-order valence-electron chi connectivity index (χ4n) is 5.20. The molecule has 0 aliphatic rings. The van der Waals surface area contributed by atoms with E-state index in [1.54, 1.807) is 0 Å². The molecule has 5 aromatic carbocycles. The summed E-state index contributed by atoms with van der Waals surface area (Å²) in [4.78, 5) is 0. The number of nitriles is 1. The first-order valence-corrected chi connectivity index (χ1v) is 12.2. The number of benzene rings is 5. The number of halogens is 1. The van der Waals surface area contributed by atoms with Crippen LogP contribution in [0.4, 0.5) is 0 Å². The van der Waals surface area contributed by atoms with Gasteiger partial charge in [0.1, 0.15) is 11.2 Å². The van der Waals surface area contributed by atoms with Crippen LogP contribution in [-0.4, -0.2) is 4.57 Å². The van der Waals surface area contributed by atoms with Crippen molar-refractivity contribution in [2.75, 3.05) is 0 Å². The number of aromatic nitrogens is 1. The van der Waals surface area contributed by atoms with Crippen molar-refractivity contribution in [1.82, 2.24) is 4.57 Å². The summed E-state index contributed by atoms with van der Waals surface area (Å²) >= 11 is 3.72. The third kappa shape index (κ3) is 2.96. The van der Waals surface area contributed by atoms with E-state index in [1.165, 1.54) is 0 Å². The zero-order valence-corrected chi connectivity index (χ0v) is 20.1. The molecule has 0 saturated carbocycles. The summed E-state index contributed by atoms with van der Waals surface area (Å²) in [5.41, 5.74) is 7.56. The number of hydrogen-bond acceptors (Lipinski definition) is 2. The first-order valence-electron chi connectivity index (χ1n) is 11.4. The van der Waals surface area contributed by atoms with Gasteiger partial charge in [-0.2, -0.15) is 5.26 Å². The Labute approximate surface area is 209 Å². The van der Waals surface area contributed by atoms with Crippen LogP contribution in [0.5, 0.6) is 0 Å². The molecule has 164 valence electrons. The molecule has 0 saturated heterocycles. The van der Waals surface area contributed by atoms with Crippen LogP contribution >= 0.6 is 15.9 Å². The quantitative estimate of drug-likeness (QED) is 0.232. The molecule has 0 bridgehead atoms. The van der Waals surface area contributed by atoms with Crippen molar-refractivity contribution in [1.29, 1.82) is 5.26 Å². The van der Waals surface area contributed by atoms with Crippen molar-refractivity contribution in [2.24, 2.45) is 0 Å². The van der Waals surface area contributed by atoms with E-state index >= 15 is 0 Å². The first-order chi connectivity index (χ1) is 17.2. The Morgan fingerprint density at radius 3 is 2.37 bits per heavy atom. The molecule has 0 aliphatic carbocycles. The summed E-state index contributed by atoms with van der Waals surface area (Å²) in [6.45, 7) is 0. The van der Waals surface area contributed by atoms with Gasteiger partial charge in [-0.25, -0.2) is 0 Å². The Balaban J connectivity index is 1.59. The summed E-state index contributed by atoms with van der Waals surface area (Å²) in [7, 11) is 0. The molecule has 7 aromatic rings. The second kappa shape index (κ2) is 7.59. The highest BCUT2D eigenvalue weighted by Gasteiger charge is 2.19. The van der Waals surface area contributed by atoms with E-state index < -0.39 is 0 Å². The lowest BCUT2D eigenvalue weighted by Gasteiger charge is -2.12. The van der Waals surface area contributed by atoms with Crippen LogP contribution in [0.2, 0.25) is 0 Å². The predicted octanol–water partition coefficient (Wildman–Crippen LogP) is 8.98. The van der Waals surface area contributed by atoms with Crippen molar-refractivity contribution in [3.05, 3.63) is 113 Å². The molecule has 0 spiro atoms. The van der Waals surface area contributed by atoms with Gasteiger partial charge in [0.25, 0.3) is 0 Å². The molecule has 0 amide bonds. The van der Waals surface area contributed by atoms with Crippen LogP contribution in [0.1, 0.15) is 5.56 Å². The van der Waals surface area contributed by atoms with Crippen molar-refractivity contribution < 1.29 is 4.42 Å². The third-order valence-corrected chi connectivity index (χ3v) is 7.14. The van der Waals surface area contributed by atoms with E-state index in [9.17, 15) is 5.26 Å². The van der Waals surface area contributed by atoms with Crippen LogP contribution in [0.15, 0.2) is 112 Å². The molecule has 3 nitrogen and oxygen atoms in total. The average molecular weight is 513 g/mol. The van der Waals surface area contributed by atoms with Gasteiger partial charge in [0.2, 0.25) is 0 Å². The minimum absolute atomic E-state index is 0.655. The molecule has 0 radical (unpaired) electrons. The minimum atomic E-state index is 0.655. The normalized spacial score (nSPS) is 11.5. The Bertz CT molecular complexity index is 1990. The fraction of sp³-hybridized carbons (Fsp3) is 0. The third-order valence-electron chi connectivity index (χ3n) is 6.68. The Morgan fingerprint density at radius 1 is 0.714 bits per heavy atom. The van der Waals surface area contributed by atoms with E-state index in [0.29, 0.717) is 5.56 Å². The second-order valence-electron chi connectivity index (χ2n) is 8.64. The number of hydrogen-bond donors (Lipinski definition) is 0. The number of furan rings is 1. The molecule has 0 unspecified atom stereocenters. The summed E-state index contributed by atoms with van der Waals surface area (Å²) in [5, 5.41) is 14.2. The van der Waals surface area contributed by atoms with Crippen LogP contribution in [0.3, 0.4) is 0 Å². The van der Waals surface area contributed by atoms with Crippen LogP contribution in [0.25, 0.3) is 60.6 Å². The molecule has 7 rings (SSSR count). The second-order valence-corrected chi connectivity index (χ2v) is 9.56. The summed E-state index contributed by atoms with van der Waals surface area (Å²) in [6, 6.07) is 37.3. The van der Waals surface area contributed by atoms with Gasteiger partial charge in [-0.3, -0.25) is 0 Å². The van der Waals surface area contributed by atoms with Gasteiger partial charge in [0.15, 0.2) is 0 Å². The fourth-order valence-corrected chi connectivity index (χ4v) is 5.69. The standard InChI is InChI=1S/C31H17BrN2O/c32-21-15-20(23-8-2-1-7-19(23)18-33)16-22(17-21)34-27-11-5-3-10-26(27)30-28(34)14-13-25-24-9-4-6-12-29(24)35-31(25)30/h1-17H. The zero-order chi connectivity index (χ0) is 23.5. The molecule has 2 aromatic heterocycles. The molecule has 0 atom stereocenters. The zero-order valence-electron chi connectivity index (χ0n) is 18.5. The molecular weight excluding hydrogens is 496 g/mol. The summed E-state index contributed by atoms with van der Waals surface area (Å²) in [5.74, 6) is 0. The number of fused-ring (bicyclic) bond motifs is 7. The van der Waals surface area contributed by atoms with Crippen LogP contribution < -0.4 is 0 Å². The smallest absolute Gasteiger partial charge is 0.145 e. The van der Waals surface area contributed by atoms with Gasteiger partial charge in [-0.15, -0.1) is 0 Å². The maximum Gasteiger partial charge on any atom is 0.145 e. The molecule has 35 heavy (non-hydrogen) atoms. The number of rotatable bonds is 2. The van der Waals surface area contributed by atoms with E-state index in [-0.39, 0.29) is 0 Å². The largest absolute Gasteiger partial charge is 0.455 e. The van der Waals surface area contributed by atoms with Gasteiger partial charge in [0, 0.05) is 26.3 Å². The van der Waals surface area contributed by atoms with Crippen LogP contribution in [-0.2, 0) is 0 Å². The van der Waals surface area contributed by atoms with Gasteiger partial charge in [-0.05, 0) is 59.7 Å². The molecule has 0 fully saturated rings. The SMILES string of the molecule is N#Cc1ccccc1-c1cc(Br)cc(-n2c3ccccc3c3c4oc5ccccc5c4ccc32)c1. The van der Waals surface area contributed by atoms with Crippen molar-refractivity contribution in [3.8, 4) is 22.9 Å². The molecule has 0 N–H and O–H groups in total. The summed E-state index contributed by atoms with van der Waals surface area (Å²) in [6.07, 6.45) is 0. The highest BCUT2D eigenvalue weighted by Crippen LogP contribution is 2.41. The number of nitrogens with zero attached hydrogens (tertiary/aromatic N) is 2. The van der Waals surface area contributed by atoms with E-state index in [1.807, 2.05) is 42.5 Å². The highest BCUT2D eigenvalue weighted by molar-refractivity contribution is 9.10. The van der Waals surface area contributed by atoms with E-state index in [0.717, 1.165) is 65.0 Å². The predicted molar refractivity (Wildman–Crippen MR) is 146 cm³/mol. The van der Waals surface area contributed by atoms with Gasteiger partial charge in [-0.1, -0.05) is 70.5 Å². The summed E-state index contributed by atoms with van der Waals surface area (Å²) < 4.78 is 9.64. The Hall–Kier alpha value is -4.33. The molecule has 4 heteroatoms. The van der Waals surface area contributed by atoms with Crippen molar-refractivity contribution in [3.63, 3.8) is 0 Å². The number of para-hydroxylation sites is 2. The molecule has 0 aliphatic heterocycles. The first kappa shape index (κ1) is 20.1. The Morgan fingerprint density at radius 2 is 1.49 bits per heavy atom. The minimum Gasteiger partial charge on any atom is -0.455 e. The van der Waals surface area contributed by atoms with Crippen molar-refractivity contribution in [2.45, 2.75) is 0 Å². The lowest BCUT2D eigenvalue weighted by molar-refractivity contribution is 0.673. The van der Waals surface area contributed by atoms with Gasteiger partial charge >= 0.3 is 0 Å². The maximum atomic E-state index is 9.67.